The second kappa shape index (κ2) is 7.73. The fraction of sp³-hybridized carbons (Fsp3) is 0.278. The Balaban J connectivity index is 2.47. The summed E-state index contributed by atoms with van der Waals surface area (Å²) < 4.78 is 0. The molecule has 8 heteroatoms. The lowest BCUT2D eigenvalue weighted by atomic mass is 9.81. The molecule has 0 aliphatic rings. The van der Waals surface area contributed by atoms with Gasteiger partial charge in [0.15, 0.2) is 0 Å². The fourth-order valence-corrected chi connectivity index (χ4v) is 2.26. The number of nitro groups is 2. The van der Waals surface area contributed by atoms with Crippen LogP contribution in [0, 0.1) is 25.6 Å². The van der Waals surface area contributed by atoms with Crippen LogP contribution in [0.5, 0.6) is 5.75 Å². The third kappa shape index (κ3) is 4.21. The summed E-state index contributed by atoms with van der Waals surface area (Å²) in [5, 5.41) is 26.2. The lowest BCUT2D eigenvalue weighted by molar-refractivity contribution is -0.394. The second-order valence-corrected chi connectivity index (χ2v) is 6.30. The standard InChI is InChI=1S/C18H19N3O5/c1-4-18(2,3)17(13-8-6-5-7-9-13)19-26-16-11-10-14(20(22)23)12-15(16)21(24)25/h5-12H,4H2,1-3H3/b19-17+. The minimum atomic E-state index is -0.731. The van der Waals surface area contributed by atoms with Gasteiger partial charge in [0.05, 0.1) is 21.6 Å². The van der Waals surface area contributed by atoms with E-state index in [4.69, 9.17) is 4.84 Å². The van der Waals surface area contributed by atoms with E-state index in [2.05, 4.69) is 5.16 Å². The van der Waals surface area contributed by atoms with Gasteiger partial charge in [0.25, 0.3) is 5.69 Å². The zero-order chi connectivity index (χ0) is 19.3. The Kier molecular flexibility index (Phi) is 5.66. The van der Waals surface area contributed by atoms with Crippen LogP contribution in [0.3, 0.4) is 0 Å². The number of hydrogen-bond acceptors (Lipinski definition) is 6. The van der Waals surface area contributed by atoms with Gasteiger partial charge in [0.1, 0.15) is 0 Å². The first-order valence-corrected chi connectivity index (χ1v) is 8.00. The molecular weight excluding hydrogens is 338 g/mol. The lowest BCUT2D eigenvalue weighted by Crippen LogP contribution is -2.25. The second-order valence-electron chi connectivity index (χ2n) is 6.30. The zero-order valence-electron chi connectivity index (χ0n) is 14.7. The lowest BCUT2D eigenvalue weighted by Gasteiger charge is -2.24. The highest BCUT2D eigenvalue weighted by Gasteiger charge is 2.27. The van der Waals surface area contributed by atoms with Gasteiger partial charge in [-0.1, -0.05) is 56.3 Å². The topological polar surface area (TPSA) is 108 Å². The number of rotatable bonds is 7. The van der Waals surface area contributed by atoms with Gasteiger partial charge < -0.3 is 4.84 Å². The molecule has 0 N–H and O–H groups in total. The maximum absolute atomic E-state index is 11.2. The molecule has 2 aromatic rings. The minimum Gasteiger partial charge on any atom is -0.349 e. The van der Waals surface area contributed by atoms with E-state index >= 15 is 0 Å². The molecule has 0 spiro atoms. The molecule has 0 radical (unpaired) electrons. The highest BCUT2D eigenvalue weighted by atomic mass is 16.7. The van der Waals surface area contributed by atoms with Crippen molar-refractivity contribution in [3.8, 4) is 5.75 Å². The summed E-state index contributed by atoms with van der Waals surface area (Å²) in [5.74, 6) is -0.152. The number of benzene rings is 2. The van der Waals surface area contributed by atoms with Crippen LogP contribution >= 0.6 is 0 Å². The molecule has 8 nitrogen and oxygen atoms in total. The van der Waals surface area contributed by atoms with Crippen LogP contribution in [0.15, 0.2) is 53.7 Å². The maximum atomic E-state index is 11.2. The Morgan fingerprint density at radius 1 is 1.08 bits per heavy atom. The van der Waals surface area contributed by atoms with Crippen molar-refractivity contribution in [2.45, 2.75) is 27.2 Å². The summed E-state index contributed by atoms with van der Waals surface area (Å²) in [5.41, 5.74) is 0.240. The first kappa shape index (κ1) is 19.0. The SMILES string of the molecule is CCC(C)(C)/C(=N/Oc1ccc([N+](=O)[O-])cc1[N+](=O)[O-])c1ccccc1. The Morgan fingerprint density at radius 3 is 2.27 bits per heavy atom. The van der Waals surface area contributed by atoms with Crippen molar-refractivity contribution in [2.24, 2.45) is 10.6 Å². The minimum absolute atomic E-state index is 0.152. The number of oxime groups is 1. The van der Waals surface area contributed by atoms with E-state index in [1.54, 1.807) is 0 Å². The average molecular weight is 357 g/mol. The highest BCUT2D eigenvalue weighted by molar-refractivity contribution is 6.04. The molecule has 2 aromatic carbocycles. The van der Waals surface area contributed by atoms with E-state index < -0.39 is 15.5 Å². The van der Waals surface area contributed by atoms with Gasteiger partial charge >= 0.3 is 5.69 Å². The fourth-order valence-electron chi connectivity index (χ4n) is 2.26. The third-order valence-corrected chi connectivity index (χ3v) is 4.16. The molecule has 0 atom stereocenters. The van der Waals surface area contributed by atoms with Crippen LogP contribution in [0.1, 0.15) is 32.8 Å². The first-order chi connectivity index (χ1) is 12.3. The van der Waals surface area contributed by atoms with Crippen LogP contribution < -0.4 is 4.84 Å². The van der Waals surface area contributed by atoms with Gasteiger partial charge in [0.2, 0.25) is 5.75 Å². The third-order valence-electron chi connectivity index (χ3n) is 4.16. The van der Waals surface area contributed by atoms with Crippen molar-refractivity contribution >= 4 is 17.1 Å². The molecule has 0 unspecified atom stereocenters. The van der Waals surface area contributed by atoms with Crippen LogP contribution in [0.4, 0.5) is 11.4 Å². The number of nitro benzene ring substituents is 2. The van der Waals surface area contributed by atoms with Crippen LogP contribution in [0.25, 0.3) is 0 Å². The quantitative estimate of drug-likeness (QED) is 0.404. The van der Waals surface area contributed by atoms with Gasteiger partial charge in [-0.15, -0.1) is 0 Å². The molecule has 0 saturated heterocycles. The molecule has 0 aliphatic heterocycles. The normalized spacial score (nSPS) is 11.9. The molecule has 0 aromatic heterocycles. The number of nitrogens with zero attached hydrogens (tertiary/aromatic N) is 3. The maximum Gasteiger partial charge on any atom is 0.321 e. The smallest absolute Gasteiger partial charge is 0.321 e. The summed E-state index contributed by atoms with van der Waals surface area (Å²) in [6.45, 7) is 5.99. The van der Waals surface area contributed by atoms with E-state index in [0.29, 0.717) is 5.71 Å². The largest absolute Gasteiger partial charge is 0.349 e. The van der Waals surface area contributed by atoms with Crippen LogP contribution in [0.2, 0.25) is 0 Å². The summed E-state index contributed by atoms with van der Waals surface area (Å²) in [6.07, 6.45) is 0.770. The zero-order valence-corrected chi connectivity index (χ0v) is 14.7. The number of hydrogen-bond donors (Lipinski definition) is 0. The molecule has 0 amide bonds. The van der Waals surface area contributed by atoms with E-state index in [-0.39, 0.29) is 16.9 Å². The van der Waals surface area contributed by atoms with Gasteiger partial charge in [-0.2, -0.15) is 0 Å². The van der Waals surface area contributed by atoms with Crippen LogP contribution in [-0.2, 0) is 0 Å². The molecule has 0 fully saturated rings. The summed E-state index contributed by atoms with van der Waals surface area (Å²) in [7, 11) is 0. The van der Waals surface area contributed by atoms with Gasteiger partial charge in [0, 0.05) is 11.5 Å². The van der Waals surface area contributed by atoms with E-state index in [9.17, 15) is 20.2 Å². The summed E-state index contributed by atoms with van der Waals surface area (Å²) in [4.78, 5) is 26.0. The Hall–Kier alpha value is -3.29. The molecular formula is C18H19N3O5. The summed E-state index contributed by atoms with van der Waals surface area (Å²) >= 11 is 0. The van der Waals surface area contributed by atoms with E-state index in [1.807, 2.05) is 51.1 Å². The molecule has 0 saturated carbocycles. The highest BCUT2D eigenvalue weighted by Crippen LogP contribution is 2.32. The van der Waals surface area contributed by atoms with Crippen molar-refractivity contribution in [1.29, 1.82) is 0 Å². The van der Waals surface area contributed by atoms with Crippen molar-refractivity contribution in [3.63, 3.8) is 0 Å². The molecule has 136 valence electrons. The predicted molar refractivity (Wildman–Crippen MR) is 97.4 cm³/mol. The van der Waals surface area contributed by atoms with Crippen LogP contribution in [-0.4, -0.2) is 15.6 Å². The Bertz CT molecular complexity index is 847. The van der Waals surface area contributed by atoms with Crippen molar-refractivity contribution < 1.29 is 14.7 Å². The van der Waals surface area contributed by atoms with E-state index in [1.165, 1.54) is 6.07 Å². The van der Waals surface area contributed by atoms with Crippen molar-refractivity contribution in [2.75, 3.05) is 0 Å². The molecule has 0 heterocycles. The Morgan fingerprint density at radius 2 is 1.73 bits per heavy atom. The number of non-ortho nitro benzene ring substituents is 1. The van der Waals surface area contributed by atoms with Crippen molar-refractivity contribution in [1.82, 2.24) is 0 Å². The molecule has 0 aliphatic carbocycles. The van der Waals surface area contributed by atoms with Gasteiger partial charge in [-0.25, -0.2) is 0 Å². The average Bonchev–Trinajstić information content (AvgIpc) is 2.62. The predicted octanol–water partition coefficient (Wildman–Crippen LogP) is 4.72. The molecule has 2 rings (SSSR count). The summed E-state index contributed by atoms with van der Waals surface area (Å²) in [6, 6.07) is 12.6. The van der Waals surface area contributed by atoms with Crippen molar-refractivity contribution in [3.05, 3.63) is 74.3 Å². The Labute approximate surface area is 150 Å². The van der Waals surface area contributed by atoms with Gasteiger partial charge in [-0.3, -0.25) is 20.2 Å². The molecule has 0 bridgehead atoms. The van der Waals surface area contributed by atoms with Gasteiger partial charge in [-0.05, 0) is 18.1 Å². The van der Waals surface area contributed by atoms with E-state index in [0.717, 1.165) is 24.1 Å². The monoisotopic (exact) mass is 357 g/mol. The first-order valence-electron chi connectivity index (χ1n) is 8.00. The molecule has 26 heavy (non-hydrogen) atoms.